The molecule has 0 aliphatic carbocycles. The molecule has 2 aromatic rings. The van der Waals surface area contributed by atoms with E-state index in [2.05, 4.69) is 28.4 Å². The number of rotatable bonds is 5. The zero-order chi connectivity index (χ0) is 13.0. The van der Waals surface area contributed by atoms with Gasteiger partial charge in [-0.2, -0.15) is 0 Å². The first-order valence-corrected chi connectivity index (χ1v) is 6.39. The molecule has 0 atom stereocenters. The van der Waals surface area contributed by atoms with Crippen LogP contribution in [-0.4, -0.2) is 14.5 Å². The molecule has 96 valence electrons. The molecule has 0 amide bonds. The summed E-state index contributed by atoms with van der Waals surface area (Å²) in [6.45, 7) is 5.50. The van der Waals surface area contributed by atoms with Gasteiger partial charge in [0.25, 0.3) is 0 Å². The standard InChI is InChI=1S/C14H20N4/c1-11(2)4-3-7-18-10-16-9-13(18)12-5-6-14(15)17-8-12/h5-6,8-11H,3-4,7H2,1-2H3,(H2,15,17). The summed E-state index contributed by atoms with van der Waals surface area (Å²) in [5.74, 6) is 1.29. The highest BCUT2D eigenvalue weighted by molar-refractivity contribution is 5.58. The van der Waals surface area contributed by atoms with Crippen LogP contribution in [0.15, 0.2) is 30.9 Å². The molecule has 0 unspecified atom stereocenters. The molecule has 2 aromatic heterocycles. The lowest BCUT2D eigenvalue weighted by Gasteiger charge is -2.09. The molecule has 0 aliphatic rings. The third-order valence-corrected chi connectivity index (χ3v) is 2.97. The van der Waals surface area contributed by atoms with Crippen molar-refractivity contribution in [2.75, 3.05) is 5.73 Å². The van der Waals surface area contributed by atoms with Gasteiger partial charge in [-0.15, -0.1) is 0 Å². The quantitative estimate of drug-likeness (QED) is 0.879. The second-order valence-electron chi connectivity index (χ2n) is 4.98. The van der Waals surface area contributed by atoms with E-state index in [1.807, 2.05) is 24.7 Å². The van der Waals surface area contributed by atoms with Gasteiger partial charge >= 0.3 is 0 Å². The highest BCUT2D eigenvalue weighted by atomic mass is 15.0. The predicted molar refractivity (Wildman–Crippen MR) is 73.9 cm³/mol. The summed E-state index contributed by atoms with van der Waals surface area (Å²) in [5, 5.41) is 0. The minimum absolute atomic E-state index is 0.546. The van der Waals surface area contributed by atoms with E-state index in [4.69, 9.17) is 5.73 Å². The van der Waals surface area contributed by atoms with E-state index in [0.717, 1.165) is 23.7 Å². The molecule has 2 N–H and O–H groups in total. The predicted octanol–water partition coefficient (Wildman–Crippen LogP) is 2.96. The van der Waals surface area contributed by atoms with Crippen LogP contribution < -0.4 is 5.73 Å². The SMILES string of the molecule is CC(C)CCCn1cncc1-c1ccc(N)nc1. The third kappa shape index (κ3) is 3.09. The molecule has 2 rings (SSSR count). The number of nitrogens with two attached hydrogens (primary N) is 1. The number of aryl methyl sites for hydroxylation is 1. The first kappa shape index (κ1) is 12.6. The van der Waals surface area contributed by atoms with Crippen LogP contribution in [0.4, 0.5) is 5.82 Å². The molecule has 4 nitrogen and oxygen atoms in total. The van der Waals surface area contributed by atoms with Crippen molar-refractivity contribution in [1.29, 1.82) is 0 Å². The van der Waals surface area contributed by atoms with Crippen molar-refractivity contribution in [3.8, 4) is 11.3 Å². The number of hydrogen-bond acceptors (Lipinski definition) is 3. The van der Waals surface area contributed by atoms with Gasteiger partial charge in [0.15, 0.2) is 0 Å². The van der Waals surface area contributed by atoms with Crippen molar-refractivity contribution in [3.63, 3.8) is 0 Å². The molecule has 0 aromatic carbocycles. The molecule has 4 heteroatoms. The number of nitrogen functional groups attached to an aromatic ring is 1. The van der Waals surface area contributed by atoms with E-state index in [1.54, 1.807) is 6.20 Å². The Morgan fingerprint density at radius 2 is 2.11 bits per heavy atom. The van der Waals surface area contributed by atoms with E-state index < -0.39 is 0 Å². The fourth-order valence-electron chi connectivity index (χ4n) is 1.97. The highest BCUT2D eigenvalue weighted by Gasteiger charge is 2.05. The summed E-state index contributed by atoms with van der Waals surface area (Å²) in [4.78, 5) is 8.34. The monoisotopic (exact) mass is 244 g/mol. The van der Waals surface area contributed by atoms with Crippen LogP contribution in [-0.2, 0) is 6.54 Å². The summed E-state index contributed by atoms with van der Waals surface area (Å²) in [6.07, 6.45) is 7.96. The smallest absolute Gasteiger partial charge is 0.123 e. The Morgan fingerprint density at radius 1 is 1.28 bits per heavy atom. The first-order valence-electron chi connectivity index (χ1n) is 6.39. The number of hydrogen-bond donors (Lipinski definition) is 1. The molecule has 0 aliphatic heterocycles. The second-order valence-corrected chi connectivity index (χ2v) is 4.98. The Labute approximate surface area is 108 Å². The number of nitrogens with zero attached hydrogens (tertiary/aromatic N) is 3. The maximum absolute atomic E-state index is 5.60. The van der Waals surface area contributed by atoms with Crippen molar-refractivity contribution in [3.05, 3.63) is 30.9 Å². The summed E-state index contributed by atoms with van der Waals surface area (Å²) >= 11 is 0. The minimum Gasteiger partial charge on any atom is -0.384 e. The maximum atomic E-state index is 5.60. The van der Waals surface area contributed by atoms with Crippen molar-refractivity contribution in [1.82, 2.24) is 14.5 Å². The normalized spacial score (nSPS) is 11.1. The average Bonchev–Trinajstić information content (AvgIpc) is 2.78. The minimum atomic E-state index is 0.546. The summed E-state index contributed by atoms with van der Waals surface area (Å²) in [7, 11) is 0. The van der Waals surface area contributed by atoms with Gasteiger partial charge in [-0.1, -0.05) is 13.8 Å². The van der Waals surface area contributed by atoms with E-state index in [9.17, 15) is 0 Å². The highest BCUT2D eigenvalue weighted by Crippen LogP contribution is 2.19. The zero-order valence-corrected chi connectivity index (χ0v) is 11.0. The van der Waals surface area contributed by atoms with Gasteiger partial charge in [0.1, 0.15) is 5.82 Å². The van der Waals surface area contributed by atoms with Gasteiger partial charge in [-0.05, 0) is 30.9 Å². The van der Waals surface area contributed by atoms with E-state index >= 15 is 0 Å². The van der Waals surface area contributed by atoms with Crippen LogP contribution in [0.25, 0.3) is 11.3 Å². The zero-order valence-electron chi connectivity index (χ0n) is 11.0. The van der Waals surface area contributed by atoms with Crippen molar-refractivity contribution >= 4 is 5.82 Å². The molecule has 0 fully saturated rings. The van der Waals surface area contributed by atoms with E-state index in [-0.39, 0.29) is 0 Å². The van der Waals surface area contributed by atoms with Crippen LogP contribution in [0.3, 0.4) is 0 Å². The second kappa shape index (κ2) is 5.67. The Kier molecular flexibility index (Phi) is 3.97. The molecular formula is C14H20N4. The number of anilines is 1. The average molecular weight is 244 g/mol. The van der Waals surface area contributed by atoms with Crippen LogP contribution >= 0.6 is 0 Å². The Balaban J connectivity index is 2.10. The number of aromatic nitrogens is 3. The first-order chi connectivity index (χ1) is 8.66. The molecule has 0 radical (unpaired) electrons. The molecule has 0 spiro atoms. The van der Waals surface area contributed by atoms with Crippen molar-refractivity contribution < 1.29 is 0 Å². The number of imidazole rings is 1. The van der Waals surface area contributed by atoms with E-state index in [1.165, 1.54) is 12.8 Å². The van der Waals surface area contributed by atoms with Crippen LogP contribution in [0.5, 0.6) is 0 Å². The van der Waals surface area contributed by atoms with Crippen LogP contribution in [0.2, 0.25) is 0 Å². The van der Waals surface area contributed by atoms with Gasteiger partial charge in [0.05, 0.1) is 18.2 Å². The summed E-state index contributed by atoms with van der Waals surface area (Å²) < 4.78 is 2.18. The Bertz CT molecular complexity index is 485. The topological polar surface area (TPSA) is 56.7 Å². The maximum Gasteiger partial charge on any atom is 0.123 e. The molecule has 0 bridgehead atoms. The van der Waals surface area contributed by atoms with E-state index in [0.29, 0.717) is 5.82 Å². The largest absolute Gasteiger partial charge is 0.384 e. The van der Waals surface area contributed by atoms with Crippen molar-refractivity contribution in [2.45, 2.75) is 33.2 Å². The van der Waals surface area contributed by atoms with Gasteiger partial charge in [-0.25, -0.2) is 9.97 Å². The van der Waals surface area contributed by atoms with Gasteiger partial charge in [-0.3, -0.25) is 0 Å². The molecule has 0 saturated carbocycles. The van der Waals surface area contributed by atoms with Gasteiger partial charge in [0.2, 0.25) is 0 Å². The fraction of sp³-hybridized carbons (Fsp3) is 0.429. The van der Waals surface area contributed by atoms with Crippen molar-refractivity contribution in [2.24, 2.45) is 5.92 Å². The van der Waals surface area contributed by atoms with Crippen LogP contribution in [0, 0.1) is 5.92 Å². The molecule has 0 saturated heterocycles. The fourth-order valence-corrected chi connectivity index (χ4v) is 1.97. The van der Waals surface area contributed by atoms with Gasteiger partial charge < -0.3 is 10.3 Å². The summed E-state index contributed by atoms with van der Waals surface area (Å²) in [6, 6.07) is 3.80. The lowest BCUT2D eigenvalue weighted by atomic mass is 10.1. The molecule has 2 heterocycles. The lowest BCUT2D eigenvalue weighted by molar-refractivity contribution is 0.513. The lowest BCUT2D eigenvalue weighted by Crippen LogP contribution is -2.01. The summed E-state index contributed by atoms with van der Waals surface area (Å²) in [5.41, 5.74) is 7.76. The molecular weight excluding hydrogens is 224 g/mol. The number of pyridine rings is 1. The Hall–Kier alpha value is -1.84. The van der Waals surface area contributed by atoms with Gasteiger partial charge in [0, 0.05) is 18.3 Å². The Morgan fingerprint density at radius 3 is 2.78 bits per heavy atom. The third-order valence-electron chi connectivity index (χ3n) is 2.97. The molecule has 18 heavy (non-hydrogen) atoms. The van der Waals surface area contributed by atoms with Crippen LogP contribution in [0.1, 0.15) is 26.7 Å².